The van der Waals surface area contributed by atoms with Gasteiger partial charge in [0.2, 0.25) is 10.0 Å². The fourth-order valence-corrected chi connectivity index (χ4v) is 3.41. The number of carboxylic acid groups (broad SMARTS) is 1. The van der Waals surface area contributed by atoms with Gasteiger partial charge in [-0.1, -0.05) is 29.8 Å². The molecular formula is C13H14ClN3O4S. The van der Waals surface area contributed by atoms with Crippen molar-refractivity contribution >= 4 is 27.6 Å². The predicted octanol–water partition coefficient (Wildman–Crippen LogP) is 1.57. The van der Waals surface area contributed by atoms with Crippen molar-refractivity contribution < 1.29 is 18.3 Å². The third-order valence-electron chi connectivity index (χ3n) is 2.95. The fourth-order valence-electron chi connectivity index (χ4n) is 1.94. The highest BCUT2D eigenvalue weighted by Crippen LogP contribution is 2.26. The number of hydrogen-bond acceptors (Lipinski definition) is 4. The lowest BCUT2D eigenvalue weighted by Gasteiger charge is -2.18. The van der Waals surface area contributed by atoms with Crippen molar-refractivity contribution in [2.75, 3.05) is 0 Å². The number of rotatable bonds is 6. The smallest absolute Gasteiger partial charge is 0.305 e. The average molecular weight is 344 g/mol. The highest BCUT2D eigenvalue weighted by molar-refractivity contribution is 7.89. The molecule has 2 rings (SSSR count). The van der Waals surface area contributed by atoms with Crippen LogP contribution >= 0.6 is 11.6 Å². The van der Waals surface area contributed by atoms with Gasteiger partial charge in [0.15, 0.2) is 0 Å². The summed E-state index contributed by atoms with van der Waals surface area (Å²) in [6.07, 6.45) is 2.09. The first kappa shape index (κ1) is 16.5. The van der Waals surface area contributed by atoms with Crippen LogP contribution in [-0.4, -0.2) is 29.3 Å². The van der Waals surface area contributed by atoms with Crippen LogP contribution in [0.3, 0.4) is 0 Å². The van der Waals surface area contributed by atoms with E-state index in [2.05, 4.69) is 9.82 Å². The van der Waals surface area contributed by atoms with E-state index < -0.39 is 28.5 Å². The summed E-state index contributed by atoms with van der Waals surface area (Å²) in [4.78, 5) is 11.0. The van der Waals surface area contributed by atoms with Crippen molar-refractivity contribution in [3.63, 3.8) is 0 Å². The number of sulfonamides is 1. The van der Waals surface area contributed by atoms with E-state index in [-0.39, 0.29) is 4.90 Å². The third-order valence-corrected chi connectivity index (χ3v) is 4.72. The van der Waals surface area contributed by atoms with Gasteiger partial charge in [0, 0.05) is 18.3 Å². The Morgan fingerprint density at radius 2 is 2.14 bits per heavy atom. The SMILES string of the molecule is Cn1cc(S(=O)(=O)N[C@@H](CC(=O)O)c2ccccc2Cl)cn1. The second kappa shape index (κ2) is 6.47. The van der Waals surface area contributed by atoms with Crippen LogP contribution in [-0.2, 0) is 21.9 Å². The molecule has 0 saturated heterocycles. The number of aliphatic carboxylic acids is 1. The number of hydrogen-bond donors (Lipinski definition) is 2. The van der Waals surface area contributed by atoms with E-state index in [4.69, 9.17) is 16.7 Å². The number of carbonyl (C=O) groups is 1. The molecule has 1 aromatic carbocycles. The van der Waals surface area contributed by atoms with Gasteiger partial charge < -0.3 is 5.11 Å². The van der Waals surface area contributed by atoms with Crippen LogP contribution in [0.4, 0.5) is 0 Å². The Labute approximate surface area is 132 Å². The zero-order valence-corrected chi connectivity index (χ0v) is 13.2. The van der Waals surface area contributed by atoms with E-state index in [9.17, 15) is 13.2 Å². The molecule has 1 atom stereocenters. The summed E-state index contributed by atoms with van der Waals surface area (Å²) in [5.74, 6) is -1.14. The largest absolute Gasteiger partial charge is 0.481 e. The number of carboxylic acids is 1. The normalized spacial score (nSPS) is 13.0. The van der Waals surface area contributed by atoms with E-state index in [1.165, 1.54) is 17.1 Å². The molecule has 9 heteroatoms. The Morgan fingerprint density at radius 3 is 2.68 bits per heavy atom. The lowest BCUT2D eigenvalue weighted by atomic mass is 10.1. The number of aryl methyl sites for hydroxylation is 1. The number of nitrogens with zero attached hydrogens (tertiary/aromatic N) is 2. The third kappa shape index (κ3) is 3.85. The summed E-state index contributed by atoms with van der Waals surface area (Å²) < 4.78 is 28.4. The summed E-state index contributed by atoms with van der Waals surface area (Å²) in [6.45, 7) is 0. The van der Waals surface area contributed by atoms with Crippen LogP contribution in [0, 0.1) is 0 Å². The molecule has 118 valence electrons. The molecule has 1 aromatic heterocycles. The topological polar surface area (TPSA) is 101 Å². The monoisotopic (exact) mass is 343 g/mol. The first-order valence-corrected chi connectivity index (χ1v) is 8.13. The highest BCUT2D eigenvalue weighted by atomic mass is 35.5. The summed E-state index contributed by atoms with van der Waals surface area (Å²) in [5.41, 5.74) is 0.402. The van der Waals surface area contributed by atoms with Crippen LogP contribution in [0.15, 0.2) is 41.6 Å². The number of aromatic nitrogens is 2. The zero-order valence-electron chi connectivity index (χ0n) is 11.6. The van der Waals surface area contributed by atoms with E-state index in [0.29, 0.717) is 10.6 Å². The molecular weight excluding hydrogens is 330 g/mol. The molecule has 0 spiro atoms. The lowest BCUT2D eigenvalue weighted by molar-refractivity contribution is -0.137. The quantitative estimate of drug-likeness (QED) is 0.829. The Hall–Kier alpha value is -1.90. The van der Waals surface area contributed by atoms with Gasteiger partial charge in [0.1, 0.15) is 4.90 Å². The number of nitrogens with one attached hydrogen (secondary N) is 1. The number of benzene rings is 1. The molecule has 0 radical (unpaired) electrons. The average Bonchev–Trinajstić information content (AvgIpc) is 2.85. The van der Waals surface area contributed by atoms with Crippen LogP contribution in [0.25, 0.3) is 0 Å². The van der Waals surface area contributed by atoms with Crippen LogP contribution in [0.1, 0.15) is 18.0 Å². The molecule has 0 fully saturated rings. The minimum absolute atomic E-state index is 0.0440. The van der Waals surface area contributed by atoms with Gasteiger partial charge in [-0.2, -0.15) is 5.10 Å². The Balaban J connectivity index is 2.35. The first-order chi connectivity index (χ1) is 10.3. The molecule has 2 aromatic rings. The van der Waals surface area contributed by atoms with Crippen LogP contribution in [0.5, 0.6) is 0 Å². The van der Waals surface area contributed by atoms with Crippen molar-refractivity contribution in [1.82, 2.24) is 14.5 Å². The van der Waals surface area contributed by atoms with Gasteiger partial charge in [-0.3, -0.25) is 9.48 Å². The molecule has 22 heavy (non-hydrogen) atoms. The maximum Gasteiger partial charge on any atom is 0.305 e. The molecule has 0 amide bonds. The maximum atomic E-state index is 12.3. The lowest BCUT2D eigenvalue weighted by Crippen LogP contribution is -2.30. The molecule has 1 heterocycles. The zero-order chi connectivity index (χ0) is 16.3. The Morgan fingerprint density at radius 1 is 1.45 bits per heavy atom. The van der Waals surface area contributed by atoms with Crippen LogP contribution in [0.2, 0.25) is 5.02 Å². The summed E-state index contributed by atoms with van der Waals surface area (Å²) in [5, 5.41) is 13.1. The standard InChI is InChI=1S/C13H14ClN3O4S/c1-17-8-9(7-15-17)22(20,21)16-12(6-13(18)19)10-4-2-3-5-11(10)14/h2-5,7-8,12,16H,6H2,1H3,(H,18,19)/t12-/m0/s1. The van der Waals surface area contributed by atoms with Crippen LogP contribution < -0.4 is 4.72 Å². The first-order valence-electron chi connectivity index (χ1n) is 6.27. The van der Waals surface area contributed by atoms with E-state index in [1.807, 2.05) is 0 Å². The van der Waals surface area contributed by atoms with Gasteiger partial charge in [-0.05, 0) is 11.6 Å². The number of halogens is 1. The molecule has 0 bridgehead atoms. The molecule has 0 aliphatic heterocycles. The molecule has 2 N–H and O–H groups in total. The van der Waals surface area contributed by atoms with Gasteiger partial charge >= 0.3 is 5.97 Å². The van der Waals surface area contributed by atoms with E-state index in [1.54, 1.807) is 31.3 Å². The van der Waals surface area contributed by atoms with Crippen molar-refractivity contribution in [3.05, 3.63) is 47.2 Å². The molecule has 0 aliphatic rings. The Kier molecular flexibility index (Phi) is 4.84. The summed E-state index contributed by atoms with van der Waals surface area (Å²) >= 11 is 6.04. The second-order valence-corrected chi connectivity index (χ2v) is 6.76. The molecule has 7 nitrogen and oxygen atoms in total. The molecule has 0 saturated carbocycles. The minimum Gasteiger partial charge on any atom is -0.481 e. The second-order valence-electron chi connectivity index (χ2n) is 4.64. The van der Waals surface area contributed by atoms with Crippen molar-refractivity contribution in [3.8, 4) is 0 Å². The van der Waals surface area contributed by atoms with Gasteiger partial charge in [-0.15, -0.1) is 0 Å². The summed E-state index contributed by atoms with van der Waals surface area (Å²) in [7, 11) is -2.32. The highest BCUT2D eigenvalue weighted by Gasteiger charge is 2.25. The van der Waals surface area contributed by atoms with Gasteiger partial charge in [0.05, 0.1) is 18.7 Å². The van der Waals surface area contributed by atoms with Crippen molar-refractivity contribution in [2.24, 2.45) is 7.05 Å². The van der Waals surface area contributed by atoms with Crippen molar-refractivity contribution in [2.45, 2.75) is 17.4 Å². The van der Waals surface area contributed by atoms with E-state index in [0.717, 1.165) is 0 Å². The van der Waals surface area contributed by atoms with Gasteiger partial charge in [-0.25, -0.2) is 13.1 Å². The maximum absolute atomic E-state index is 12.3. The molecule has 0 aliphatic carbocycles. The predicted molar refractivity (Wildman–Crippen MR) is 80.0 cm³/mol. The van der Waals surface area contributed by atoms with Gasteiger partial charge in [0.25, 0.3) is 0 Å². The Bertz CT molecular complexity index is 788. The minimum atomic E-state index is -3.90. The fraction of sp³-hybridized carbons (Fsp3) is 0.231. The summed E-state index contributed by atoms with van der Waals surface area (Å²) in [6, 6.07) is 5.52. The van der Waals surface area contributed by atoms with E-state index >= 15 is 0 Å². The molecule has 0 unspecified atom stereocenters. The van der Waals surface area contributed by atoms with Crippen molar-refractivity contribution in [1.29, 1.82) is 0 Å².